The Labute approximate surface area is 134 Å². The smallest absolute Gasteiger partial charge is 0.466 e. The van der Waals surface area contributed by atoms with Gasteiger partial charge < -0.3 is 13.9 Å². The number of carbonyl (C=O) groups excluding carboxylic acids is 1. The summed E-state index contributed by atoms with van der Waals surface area (Å²) in [6.45, 7) is 6.83. The highest BCUT2D eigenvalue weighted by molar-refractivity contribution is 5.59. The normalized spacial score (nSPS) is 10.7. The van der Waals surface area contributed by atoms with E-state index in [1.54, 1.807) is 0 Å². The molecule has 0 aliphatic rings. The summed E-state index contributed by atoms with van der Waals surface area (Å²) < 4.78 is 15.6. The molecule has 0 atom stereocenters. The molecule has 126 valence electrons. The van der Waals surface area contributed by atoms with Gasteiger partial charge in [0.15, 0.2) is 0 Å². The van der Waals surface area contributed by atoms with Crippen molar-refractivity contribution in [2.75, 3.05) is 13.2 Å². The fraction of sp³-hybridized carbons (Fsp3) is 0.722. The maximum absolute atomic E-state index is 11.4. The van der Waals surface area contributed by atoms with Crippen LogP contribution in [0.3, 0.4) is 0 Å². The molecule has 1 aromatic rings. The Bertz CT molecular complexity index is 423. The van der Waals surface area contributed by atoms with Crippen LogP contribution in [0.1, 0.15) is 69.0 Å². The summed E-state index contributed by atoms with van der Waals surface area (Å²) in [4.78, 5) is 11.4. The van der Waals surface area contributed by atoms with Gasteiger partial charge in [-0.2, -0.15) is 0 Å². The second-order valence-corrected chi connectivity index (χ2v) is 5.76. The summed E-state index contributed by atoms with van der Waals surface area (Å²) in [6.07, 6.45) is 8.53. The molecular weight excluding hydrogens is 280 g/mol. The lowest BCUT2D eigenvalue weighted by Gasteiger charge is -2.06. The number of furan rings is 1. The molecule has 0 N–H and O–H groups in total. The van der Waals surface area contributed by atoms with Gasteiger partial charge in [-0.15, -0.1) is 0 Å². The van der Waals surface area contributed by atoms with Crippen LogP contribution in [-0.4, -0.2) is 19.4 Å². The second-order valence-electron chi connectivity index (χ2n) is 5.76. The lowest BCUT2D eigenvalue weighted by atomic mass is 10.1. The van der Waals surface area contributed by atoms with E-state index < -0.39 is 6.16 Å². The molecule has 0 amide bonds. The summed E-state index contributed by atoms with van der Waals surface area (Å²) in [5.74, 6) is 1.77. The van der Waals surface area contributed by atoms with Crippen LogP contribution in [-0.2, 0) is 15.9 Å². The number of hydrogen-bond acceptors (Lipinski definition) is 4. The van der Waals surface area contributed by atoms with Gasteiger partial charge in [0.05, 0.1) is 13.2 Å². The van der Waals surface area contributed by atoms with E-state index in [2.05, 4.69) is 6.92 Å². The van der Waals surface area contributed by atoms with E-state index in [9.17, 15) is 4.79 Å². The number of ether oxygens (including phenoxy) is 2. The van der Waals surface area contributed by atoms with Crippen molar-refractivity contribution in [3.8, 4) is 0 Å². The van der Waals surface area contributed by atoms with E-state index in [1.807, 2.05) is 19.9 Å². The molecular formula is C18H30O4. The van der Waals surface area contributed by atoms with Crippen molar-refractivity contribution in [2.24, 2.45) is 0 Å². The van der Waals surface area contributed by atoms with Gasteiger partial charge in [-0.3, -0.25) is 0 Å². The zero-order valence-corrected chi connectivity index (χ0v) is 14.3. The number of unbranched alkanes of at least 4 members (excludes halogenated alkanes) is 6. The van der Waals surface area contributed by atoms with E-state index in [0.29, 0.717) is 19.6 Å². The molecule has 1 heterocycles. The van der Waals surface area contributed by atoms with Gasteiger partial charge in [-0.05, 0) is 31.9 Å². The highest BCUT2D eigenvalue weighted by Gasteiger charge is 2.07. The second kappa shape index (κ2) is 11.2. The molecule has 0 unspecified atom stereocenters. The van der Waals surface area contributed by atoms with Crippen molar-refractivity contribution < 1.29 is 18.7 Å². The van der Waals surface area contributed by atoms with E-state index in [-0.39, 0.29) is 0 Å². The first-order chi connectivity index (χ1) is 10.6. The predicted molar refractivity (Wildman–Crippen MR) is 87.2 cm³/mol. The molecule has 0 fully saturated rings. The zero-order valence-electron chi connectivity index (χ0n) is 14.3. The van der Waals surface area contributed by atoms with Crippen LogP contribution < -0.4 is 0 Å². The minimum absolute atomic E-state index is 0.329. The highest BCUT2D eigenvalue weighted by Crippen LogP contribution is 2.14. The standard InChI is InChI=1S/C18H30O4/c1-4-5-6-7-8-9-10-12-20-18(19)21-13-11-17-14-15(2)22-16(17)3/h14H,4-13H2,1-3H3. The molecule has 4 nitrogen and oxygen atoms in total. The molecule has 0 aliphatic heterocycles. The van der Waals surface area contributed by atoms with Crippen LogP contribution in [0.25, 0.3) is 0 Å². The molecule has 0 radical (unpaired) electrons. The van der Waals surface area contributed by atoms with E-state index in [1.165, 1.54) is 32.1 Å². The number of aryl methyl sites for hydroxylation is 2. The number of rotatable bonds is 11. The van der Waals surface area contributed by atoms with Gasteiger partial charge in [-0.25, -0.2) is 4.79 Å². The molecule has 0 saturated heterocycles. The van der Waals surface area contributed by atoms with Crippen LogP contribution in [0.15, 0.2) is 10.5 Å². The minimum atomic E-state index is -0.566. The van der Waals surface area contributed by atoms with Crippen LogP contribution in [0.4, 0.5) is 4.79 Å². The monoisotopic (exact) mass is 310 g/mol. The third kappa shape index (κ3) is 8.11. The topological polar surface area (TPSA) is 48.7 Å². The average Bonchev–Trinajstić information content (AvgIpc) is 2.80. The summed E-state index contributed by atoms with van der Waals surface area (Å²) >= 11 is 0. The van der Waals surface area contributed by atoms with Gasteiger partial charge in [0.25, 0.3) is 0 Å². The molecule has 0 aliphatic carbocycles. The third-order valence-electron chi connectivity index (χ3n) is 3.70. The molecule has 1 rings (SSSR count). The molecule has 22 heavy (non-hydrogen) atoms. The fourth-order valence-corrected chi connectivity index (χ4v) is 2.43. The summed E-state index contributed by atoms with van der Waals surface area (Å²) in [5.41, 5.74) is 1.08. The van der Waals surface area contributed by atoms with Crippen molar-refractivity contribution in [3.63, 3.8) is 0 Å². The molecule has 0 aromatic carbocycles. The Hall–Kier alpha value is -1.45. The molecule has 1 aromatic heterocycles. The van der Waals surface area contributed by atoms with Crippen LogP contribution in [0, 0.1) is 13.8 Å². The van der Waals surface area contributed by atoms with Crippen molar-refractivity contribution in [3.05, 3.63) is 23.2 Å². The third-order valence-corrected chi connectivity index (χ3v) is 3.70. The van der Waals surface area contributed by atoms with Crippen LogP contribution in [0.5, 0.6) is 0 Å². The van der Waals surface area contributed by atoms with E-state index in [4.69, 9.17) is 13.9 Å². The molecule has 0 spiro atoms. The number of hydrogen-bond donors (Lipinski definition) is 0. The van der Waals surface area contributed by atoms with Crippen molar-refractivity contribution in [1.82, 2.24) is 0 Å². The minimum Gasteiger partial charge on any atom is -0.466 e. The molecule has 4 heteroatoms. The SMILES string of the molecule is CCCCCCCCCOC(=O)OCCc1cc(C)oc1C. The van der Waals surface area contributed by atoms with E-state index >= 15 is 0 Å². The average molecular weight is 310 g/mol. The molecule has 0 saturated carbocycles. The van der Waals surface area contributed by atoms with Crippen molar-refractivity contribution in [1.29, 1.82) is 0 Å². The Morgan fingerprint density at radius 3 is 2.27 bits per heavy atom. The Balaban J connectivity index is 1.96. The largest absolute Gasteiger partial charge is 0.508 e. The lowest BCUT2D eigenvalue weighted by Crippen LogP contribution is -2.10. The van der Waals surface area contributed by atoms with Gasteiger partial charge in [0, 0.05) is 6.42 Å². The van der Waals surface area contributed by atoms with Crippen LogP contribution in [0.2, 0.25) is 0 Å². The van der Waals surface area contributed by atoms with Crippen molar-refractivity contribution >= 4 is 6.16 Å². The first-order valence-corrected chi connectivity index (χ1v) is 8.49. The predicted octanol–water partition coefficient (Wildman–Crippen LogP) is 5.34. The summed E-state index contributed by atoms with van der Waals surface area (Å²) in [7, 11) is 0. The summed E-state index contributed by atoms with van der Waals surface area (Å²) in [6, 6.07) is 1.97. The highest BCUT2D eigenvalue weighted by atomic mass is 16.7. The van der Waals surface area contributed by atoms with E-state index in [0.717, 1.165) is 29.9 Å². The summed E-state index contributed by atoms with van der Waals surface area (Å²) in [5, 5.41) is 0. The van der Waals surface area contributed by atoms with Gasteiger partial charge in [-0.1, -0.05) is 45.4 Å². The van der Waals surface area contributed by atoms with Gasteiger partial charge in [0.1, 0.15) is 11.5 Å². The maximum Gasteiger partial charge on any atom is 0.508 e. The van der Waals surface area contributed by atoms with Gasteiger partial charge >= 0.3 is 6.16 Å². The first-order valence-electron chi connectivity index (χ1n) is 8.49. The maximum atomic E-state index is 11.4. The molecule has 0 bridgehead atoms. The number of carbonyl (C=O) groups is 1. The Morgan fingerprint density at radius 1 is 1.00 bits per heavy atom. The van der Waals surface area contributed by atoms with Crippen LogP contribution >= 0.6 is 0 Å². The first kappa shape index (κ1) is 18.6. The van der Waals surface area contributed by atoms with Gasteiger partial charge in [0.2, 0.25) is 0 Å². The van der Waals surface area contributed by atoms with Crippen molar-refractivity contribution in [2.45, 2.75) is 72.1 Å². The quantitative estimate of drug-likeness (QED) is 0.409. The Kier molecular flexibility index (Phi) is 9.44. The fourth-order valence-electron chi connectivity index (χ4n) is 2.43. The zero-order chi connectivity index (χ0) is 16.2. The lowest BCUT2D eigenvalue weighted by molar-refractivity contribution is 0.0548. The Morgan fingerprint density at radius 2 is 1.64 bits per heavy atom.